The van der Waals surface area contributed by atoms with Gasteiger partial charge in [-0.05, 0) is 157 Å². The monoisotopic (exact) mass is 1610 g/mol. The smallest absolute Gasteiger partial charge is 0.414 e. The van der Waals surface area contributed by atoms with Crippen LogP contribution in [-0.2, 0) is 64.3 Å². The highest BCUT2D eigenvalue weighted by Gasteiger charge is 2.45. The van der Waals surface area contributed by atoms with Gasteiger partial charge in [0.15, 0.2) is 5.15 Å². The Morgan fingerprint density at radius 3 is 1.42 bits per heavy atom. The number of rotatable bonds is 7. The van der Waals surface area contributed by atoms with Crippen molar-refractivity contribution in [3.05, 3.63) is 210 Å². The molecule has 7 N–H and O–H groups in total. The van der Waals surface area contributed by atoms with E-state index in [1.54, 1.807) is 102 Å². The zero-order valence-corrected chi connectivity index (χ0v) is 60.8. The van der Waals surface area contributed by atoms with Crippen molar-refractivity contribution in [2.75, 3.05) is 44.1 Å². The van der Waals surface area contributed by atoms with Crippen LogP contribution in [0.4, 0.5) is 29.3 Å². The molecule has 102 heavy (non-hydrogen) atoms. The number of amides is 1. The van der Waals surface area contributed by atoms with E-state index in [9.17, 15) is 43.2 Å². The third-order valence-corrected chi connectivity index (χ3v) is 22.7. The number of hydrogen-bond acceptors (Lipinski definition) is 20. The maximum absolute atomic E-state index is 14.8. The Balaban J connectivity index is 0.000000220. The van der Waals surface area contributed by atoms with Gasteiger partial charge in [-0.15, -0.1) is 0 Å². The number of carbonyl (C=O) groups excluding carboxylic acids is 1. The van der Waals surface area contributed by atoms with Crippen LogP contribution in [0.1, 0.15) is 103 Å². The van der Waals surface area contributed by atoms with Crippen molar-refractivity contribution in [1.82, 2.24) is 48.1 Å². The number of pyridine rings is 6. The van der Waals surface area contributed by atoms with Crippen LogP contribution >= 0.6 is 43.5 Å². The first kappa shape index (κ1) is 81.8. The predicted molar refractivity (Wildman–Crippen MR) is 401 cm³/mol. The minimum absolute atomic E-state index is 0. The number of benzene rings is 3. The van der Waals surface area contributed by atoms with E-state index in [0.29, 0.717) is 34.9 Å². The third kappa shape index (κ3) is 18.5. The average Bonchev–Trinajstić information content (AvgIpc) is 0.763. The van der Waals surface area contributed by atoms with E-state index in [1.165, 1.54) is 58.5 Å². The molecule has 0 spiro atoms. The second-order valence-corrected chi connectivity index (χ2v) is 32.9. The Labute approximate surface area is 613 Å². The number of guanidine groups is 3. The van der Waals surface area contributed by atoms with Crippen molar-refractivity contribution in [1.29, 1.82) is 0 Å². The highest BCUT2D eigenvalue weighted by Crippen LogP contribution is 2.38. The fraction of sp³-hybridized carbons (Fsp3) is 0.309. The standard InChI is InChI=1S/C21H19FN6O2S.C20H19BrFN5O2S.C16H23FN4O4S.C8H4BrClN2.3CH4/c1-21(12-31(29,30)28(3)20(23)27-21)16-8-13(4-5-17(16)22)9-18-19-14(6-7-25-18)10-15(24-2)11-26-19;1-20(11-30(28,29)27(2)19(23)26-20)15-7-12(3-4-16(15)22)8-17-18-13(5-6-24-17)9-14(21)10-25-18;1-15(2,3)25-14(22)19-13-20-16(4,9-26(23,24)21(13)5)11-8-10(18)6-7-12(11)17;9-6-3-5-1-2-11-8(10)7(5)12-4-6;;;/h4-8,10-11H,9,12H2,1,3H3,(H2,23,27);3-7,9-10H,8,11H2,1-2H3,(H2,23,26);6-8H,9,18H2,1-5H3,(H,19,20,22);1-4H;3*1H4/t21-;20-;16-;;;;/m000..../s1. The van der Waals surface area contributed by atoms with Gasteiger partial charge in [-0.3, -0.25) is 30.2 Å². The van der Waals surface area contributed by atoms with Gasteiger partial charge in [0.1, 0.15) is 45.2 Å². The predicted octanol–water partition coefficient (Wildman–Crippen LogP) is 12.4. The quantitative estimate of drug-likeness (QED) is 0.0654. The summed E-state index contributed by atoms with van der Waals surface area (Å²) in [5.41, 5.74) is 18.5. The lowest BCUT2D eigenvalue weighted by Crippen LogP contribution is -2.54. The lowest BCUT2D eigenvalue weighted by molar-refractivity contribution is 0.0558. The van der Waals surface area contributed by atoms with Crippen LogP contribution in [0.3, 0.4) is 0 Å². The average molecular weight is 1610 g/mol. The fourth-order valence-electron chi connectivity index (χ4n) is 10.8. The van der Waals surface area contributed by atoms with Crippen LogP contribution in [0.15, 0.2) is 152 Å². The van der Waals surface area contributed by atoms with Gasteiger partial charge in [0.25, 0.3) is 0 Å². The van der Waals surface area contributed by atoms with Gasteiger partial charge in [-0.2, -0.15) is 0 Å². The Kier molecular flexibility index (Phi) is 25.3. The maximum Gasteiger partial charge on any atom is 0.414 e. The number of ether oxygens (including phenoxy) is 1. The molecule has 0 saturated heterocycles. The molecule has 25 nitrogen and oxygen atoms in total. The molecule has 0 fully saturated rings. The lowest BCUT2D eigenvalue weighted by Gasteiger charge is -2.36. The zero-order valence-electron chi connectivity index (χ0n) is 54.5. The summed E-state index contributed by atoms with van der Waals surface area (Å²) < 4.78 is 128. The summed E-state index contributed by atoms with van der Waals surface area (Å²) in [6, 6.07) is 24.1. The molecule has 0 aliphatic carbocycles. The van der Waals surface area contributed by atoms with Gasteiger partial charge >= 0.3 is 6.09 Å². The van der Waals surface area contributed by atoms with Gasteiger partial charge in [-0.1, -0.05) is 58.1 Å². The summed E-state index contributed by atoms with van der Waals surface area (Å²) in [4.78, 5) is 54.0. The number of hydrogen-bond donors (Lipinski definition) is 4. The van der Waals surface area contributed by atoms with Crippen molar-refractivity contribution in [2.24, 2.45) is 26.4 Å². The molecule has 0 saturated carbocycles. The Bertz CT molecular complexity index is 5210. The molecule has 34 heteroatoms. The van der Waals surface area contributed by atoms with Gasteiger partial charge in [0, 0.05) is 113 Å². The van der Waals surface area contributed by atoms with E-state index >= 15 is 0 Å². The van der Waals surface area contributed by atoms with Crippen molar-refractivity contribution in [2.45, 2.75) is 98.9 Å². The number of carbonyl (C=O) groups is 1. The molecule has 3 aliphatic heterocycles. The molecule has 9 aromatic rings. The van der Waals surface area contributed by atoms with Gasteiger partial charge < -0.3 is 21.9 Å². The molecule has 3 aliphatic rings. The number of aromatic nitrogens is 6. The van der Waals surface area contributed by atoms with Crippen molar-refractivity contribution in [3.63, 3.8) is 0 Å². The number of fused-ring (bicyclic) bond motifs is 3. The van der Waals surface area contributed by atoms with Crippen LogP contribution < -0.4 is 22.5 Å². The number of anilines is 1. The summed E-state index contributed by atoms with van der Waals surface area (Å²) in [6.07, 6.45) is 9.77. The van der Waals surface area contributed by atoms with Crippen LogP contribution in [0.2, 0.25) is 5.15 Å². The van der Waals surface area contributed by atoms with Crippen molar-refractivity contribution in [3.8, 4) is 0 Å². The fourth-order valence-corrected chi connectivity index (χ4v) is 16.1. The molecule has 12 rings (SSSR count). The maximum atomic E-state index is 14.8. The number of nitrogens with zero attached hydrogens (tertiary/aromatic N) is 13. The number of nitrogen functional groups attached to an aromatic ring is 1. The van der Waals surface area contributed by atoms with E-state index in [4.69, 9.17) is 40.1 Å². The second-order valence-electron chi connectivity index (χ2n) is 24.7. The van der Waals surface area contributed by atoms with Crippen LogP contribution in [0.5, 0.6) is 0 Å². The third-order valence-electron chi connectivity index (χ3n) is 15.8. The molecule has 3 atom stereocenters. The minimum atomic E-state index is -3.86. The summed E-state index contributed by atoms with van der Waals surface area (Å²) in [5, 5.41) is 5.47. The largest absolute Gasteiger partial charge is 0.444 e. The number of sulfonamides is 3. The first-order valence-electron chi connectivity index (χ1n) is 29.6. The molecule has 542 valence electrons. The highest BCUT2D eigenvalue weighted by atomic mass is 79.9. The van der Waals surface area contributed by atoms with Crippen LogP contribution in [0, 0.1) is 24.0 Å². The molecule has 3 aromatic carbocycles. The van der Waals surface area contributed by atoms with Crippen molar-refractivity contribution < 1.29 is 48.0 Å². The summed E-state index contributed by atoms with van der Waals surface area (Å²) in [6.45, 7) is 16.7. The molecule has 9 heterocycles. The first-order chi connectivity index (χ1) is 46.2. The topological polar surface area (TPSA) is 347 Å². The minimum Gasteiger partial charge on any atom is -0.444 e. The van der Waals surface area contributed by atoms with E-state index < -0.39 is 87.3 Å². The molecular formula is C68H77Br2ClF3N17O8S3. The second kappa shape index (κ2) is 31.6. The van der Waals surface area contributed by atoms with E-state index in [2.05, 4.69) is 86.9 Å². The first-order valence-corrected chi connectivity index (χ1v) is 36.4. The lowest BCUT2D eigenvalue weighted by atomic mass is 9.91. The Morgan fingerprint density at radius 1 is 0.578 bits per heavy atom. The number of nitrogens with one attached hydrogen (secondary N) is 1. The zero-order chi connectivity index (χ0) is 72.5. The number of aliphatic imine (C=N–C) groups is 3. The Morgan fingerprint density at radius 2 is 0.971 bits per heavy atom. The van der Waals surface area contributed by atoms with E-state index in [0.717, 1.165) is 71.9 Å². The molecular weight excluding hydrogens is 1530 g/mol. The number of alkyl carbamates (subject to hydrolysis) is 1. The number of nitrogens with two attached hydrogens (primary N) is 3. The normalized spacial score (nSPS) is 19.3. The van der Waals surface area contributed by atoms with Gasteiger partial charge in [-0.25, -0.2) is 80.9 Å². The molecule has 0 bridgehead atoms. The van der Waals surface area contributed by atoms with Gasteiger partial charge in [0.05, 0.1) is 46.3 Å². The highest BCUT2D eigenvalue weighted by molar-refractivity contribution is 9.10. The summed E-state index contributed by atoms with van der Waals surface area (Å²) in [7, 11) is -7.39. The molecule has 1 amide bonds. The van der Waals surface area contributed by atoms with Crippen LogP contribution in [-0.4, -0.2) is 136 Å². The molecule has 0 radical (unpaired) electrons. The van der Waals surface area contributed by atoms with Crippen LogP contribution in [0.25, 0.3) is 37.6 Å². The van der Waals surface area contributed by atoms with Gasteiger partial charge in [0.2, 0.25) is 53.6 Å². The van der Waals surface area contributed by atoms with E-state index in [1.807, 2.05) is 24.3 Å². The van der Waals surface area contributed by atoms with E-state index in [-0.39, 0.29) is 68.3 Å². The summed E-state index contributed by atoms with van der Waals surface area (Å²) in [5.74, 6) is -3.59. The molecule has 0 unspecified atom stereocenters. The SMILES string of the molecule is C.C.C.CN1C(N)=N[C@](C)(c2cc(Cc3nccc4cc(Br)cnc34)ccc2F)CS1(=O)=O.CN1C(NC(=O)OC(C)(C)C)=N[C@](C)(c2cc(N)ccc2F)CS1(=O)=O.Clc1nccc2cc(Br)cnc12.[C-]#[N+]c1cnc2c(Cc3ccc(F)c([C@]4(C)CS(=O)(=O)N(C)C(N)=N4)c3)nccc2c1. The Hall–Kier alpha value is -9.20. The number of halogens is 6. The summed E-state index contributed by atoms with van der Waals surface area (Å²) >= 11 is 12.6. The molecule has 6 aromatic heterocycles. The van der Waals surface area contributed by atoms with Crippen molar-refractivity contribution >= 4 is 142 Å².